The number of carbonyl (C=O) groups is 1. The fraction of sp³-hybridized carbons (Fsp3) is 0.500. The first kappa shape index (κ1) is 11.7. The van der Waals surface area contributed by atoms with E-state index in [1.54, 1.807) is 0 Å². The van der Waals surface area contributed by atoms with Crippen molar-refractivity contribution < 1.29 is 4.79 Å². The highest BCUT2D eigenvalue weighted by atomic mass is 35.5. The number of benzene rings is 1. The van der Waals surface area contributed by atoms with Gasteiger partial charge in [-0.25, -0.2) is 0 Å². The first-order valence-electron chi connectivity index (χ1n) is 5.91. The Morgan fingerprint density at radius 1 is 1.19 bits per heavy atom. The van der Waals surface area contributed by atoms with E-state index in [0.717, 1.165) is 24.8 Å². The molecular weight excluding hydrogens is 220 g/mol. The molecule has 2 rings (SSSR count). The maximum atomic E-state index is 12.2. The summed E-state index contributed by atoms with van der Waals surface area (Å²) in [5, 5.41) is 0.138. The lowest BCUT2D eigenvalue weighted by atomic mass is 9.87. The van der Waals surface area contributed by atoms with Crippen molar-refractivity contribution in [1.29, 1.82) is 0 Å². The largest absolute Gasteiger partial charge is 0.299 e. The van der Waals surface area contributed by atoms with Gasteiger partial charge in [-0.15, -0.1) is 11.6 Å². The molecular formula is C14H17ClO. The summed E-state index contributed by atoms with van der Waals surface area (Å²) in [7, 11) is 0. The molecule has 1 aromatic rings. The van der Waals surface area contributed by atoms with Crippen molar-refractivity contribution in [2.24, 2.45) is 5.92 Å². The number of halogens is 1. The molecule has 0 bridgehead atoms. The van der Waals surface area contributed by atoms with Gasteiger partial charge in [-0.1, -0.05) is 37.3 Å². The maximum absolute atomic E-state index is 12.2. The van der Waals surface area contributed by atoms with Gasteiger partial charge in [0.15, 0.2) is 0 Å². The third-order valence-corrected chi connectivity index (χ3v) is 3.83. The molecule has 0 aliphatic heterocycles. The summed E-state index contributed by atoms with van der Waals surface area (Å²) >= 11 is 6.24. The van der Waals surface area contributed by atoms with E-state index >= 15 is 0 Å². The van der Waals surface area contributed by atoms with Crippen LogP contribution in [0.1, 0.15) is 37.7 Å². The van der Waals surface area contributed by atoms with E-state index in [2.05, 4.69) is 0 Å². The average molecular weight is 237 g/mol. The fourth-order valence-electron chi connectivity index (χ4n) is 2.39. The van der Waals surface area contributed by atoms with Crippen molar-refractivity contribution in [3.05, 3.63) is 35.9 Å². The number of hydrogen-bond donors (Lipinski definition) is 0. The van der Waals surface area contributed by atoms with Crippen molar-refractivity contribution in [2.75, 3.05) is 0 Å². The van der Waals surface area contributed by atoms with Crippen LogP contribution in [-0.2, 0) is 4.79 Å². The Labute approximate surface area is 102 Å². The number of carbonyl (C=O) groups excluding carboxylic acids is 1. The summed E-state index contributed by atoms with van der Waals surface area (Å²) in [5.41, 5.74) is 1.12. The third kappa shape index (κ3) is 2.46. The first-order chi connectivity index (χ1) is 7.68. The van der Waals surface area contributed by atoms with Gasteiger partial charge in [0.05, 0.1) is 0 Å². The maximum Gasteiger partial charge on any atom is 0.143 e. The highest BCUT2D eigenvalue weighted by Crippen LogP contribution is 2.33. The Morgan fingerprint density at radius 2 is 1.88 bits per heavy atom. The van der Waals surface area contributed by atoms with Crippen molar-refractivity contribution >= 4 is 17.4 Å². The minimum atomic E-state index is 0.00111. The lowest BCUT2D eigenvalue weighted by Crippen LogP contribution is -2.18. The van der Waals surface area contributed by atoms with E-state index in [4.69, 9.17) is 11.6 Å². The summed E-state index contributed by atoms with van der Waals surface area (Å²) < 4.78 is 0. The molecule has 0 aromatic heterocycles. The molecule has 1 aromatic carbocycles. The van der Waals surface area contributed by atoms with Crippen LogP contribution in [0.5, 0.6) is 0 Å². The Bertz CT molecular complexity index is 360. The van der Waals surface area contributed by atoms with E-state index in [-0.39, 0.29) is 17.2 Å². The molecule has 0 saturated heterocycles. The van der Waals surface area contributed by atoms with Crippen LogP contribution in [0, 0.1) is 5.92 Å². The first-order valence-corrected chi connectivity index (χ1v) is 6.35. The van der Waals surface area contributed by atoms with Crippen molar-refractivity contribution in [3.63, 3.8) is 0 Å². The molecule has 86 valence electrons. The molecule has 0 unspecified atom stereocenters. The fourth-order valence-corrected chi connectivity index (χ4v) is 2.70. The van der Waals surface area contributed by atoms with Crippen LogP contribution in [0.15, 0.2) is 30.3 Å². The monoisotopic (exact) mass is 236 g/mol. The van der Waals surface area contributed by atoms with Gasteiger partial charge >= 0.3 is 0 Å². The number of Topliss-reactive ketones (excluding diaryl/α,β-unsaturated/α-hetero) is 1. The molecule has 3 atom stereocenters. The highest BCUT2D eigenvalue weighted by molar-refractivity contribution is 6.20. The van der Waals surface area contributed by atoms with Crippen LogP contribution in [0.4, 0.5) is 0 Å². The molecule has 1 saturated carbocycles. The molecule has 1 fully saturated rings. The zero-order chi connectivity index (χ0) is 11.5. The van der Waals surface area contributed by atoms with Gasteiger partial charge in [-0.2, -0.15) is 0 Å². The summed E-state index contributed by atoms with van der Waals surface area (Å²) in [4.78, 5) is 12.2. The second-order valence-electron chi connectivity index (χ2n) is 4.68. The Balaban J connectivity index is 2.27. The minimum absolute atomic E-state index is 0.00111. The molecule has 2 heteroatoms. The van der Waals surface area contributed by atoms with Crippen LogP contribution in [0.3, 0.4) is 0 Å². The normalized spacial score (nSPS) is 31.1. The lowest BCUT2D eigenvalue weighted by Gasteiger charge is -2.17. The molecule has 1 aliphatic carbocycles. The van der Waals surface area contributed by atoms with Crippen LogP contribution in [0.2, 0.25) is 0 Å². The van der Waals surface area contributed by atoms with E-state index in [9.17, 15) is 4.79 Å². The molecule has 0 N–H and O–H groups in total. The molecule has 0 heterocycles. The number of rotatable bonds is 1. The summed E-state index contributed by atoms with van der Waals surface area (Å²) in [6, 6.07) is 10.0. The van der Waals surface area contributed by atoms with Crippen LogP contribution < -0.4 is 0 Å². The van der Waals surface area contributed by atoms with E-state index in [0.29, 0.717) is 5.78 Å². The van der Waals surface area contributed by atoms with Gasteiger partial charge in [0.25, 0.3) is 0 Å². The van der Waals surface area contributed by atoms with Gasteiger partial charge in [-0.3, -0.25) is 4.79 Å². The molecule has 1 nitrogen and oxygen atoms in total. The highest BCUT2D eigenvalue weighted by Gasteiger charge is 2.30. The topological polar surface area (TPSA) is 17.1 Å². The second kappa shape index (κ2) is 5.01. The zero-order valence-electron chi connectivity index (χ0n) is 9.53. The second-order valence-corrected chi connectivity index (χ2v) is 5.29. The zero-order valence-corrected chi connectivity index (χ0v) is 10.3. The minimum Gasteiger partial charge on any atom is -0.299 e. The summed E-state index contributed by atoms with van der Waals surface area (Å²) in [6.45, 7) is 2.02. The smallest absolute Gasteiger partial charge is 0.143 e. The molecule has 16 heavy (non-hydrogen) atoms. The van der Waals surface area contributed by atoms with Crippen LogP contribution in [-0.4, -0.2) is 11.2 Å². The van der Waals surface area contributed by atoms with Gasteiger partial charge in [0, 0.05) is 17.2 Å². The van der Waals surface area contributed by atoms with Crippen molar-refractivity contribution in [2.45, 2.75) is 37.5 Å². The van der Waals surface area contributed by atoms with Crippen molar-refractivity contribution in [3.8, 4) is 0 Å². The van der Waals surface area contributed by atoms with Crippen molar-refractivity contribution in [1.82, 2.24) is 0 Å². The van der Waals surface area contributed by atoms with Gasteiger partial charge in [-0.05, 0) is 24.8 Å². The average Bonchev–Trinajstić information content (AvgIpc) is 2.44. The number of ketones is 1. The van der Waals surface area contributed by atoms with Crippen LogP contribution >= 0.6 is 11.6 Å². The molecule has 1 aliphatic rings. The number of alkyl halides is 1. The third-order valence-electron chi connectivity index (χ3n) is 3.44. The predicted octanol–water partition coefficient (Wildman–Crippen LogP) is 3.77. The van der Waals surface area contributed by atoms with Gasteiger partial charge < -0.3 is 0 Å². The summed E-state index contributed by atoms with van der Waals surface area (Å²) in [5.74, 6) is 0.504. The van der Waals surface area contributed by atoms with Gasteiger partial charge in [0.1, 0.15) is 5.78 Å². The standard InChI is InChI=1S/C14H17ClO/c1-10-7-8-12(15)9-13(14(10)16)11-5-3-2-4-6-11/h2-6,10,12-13H,7-9H2,1H3/t10-,12+,13-/m0/s1. The summed E-state index contributed by atoms with van der Waals surface area (Å²) in [6.07, 6.45) is 2.67. The van der Waals surface area contributed by atoms with E-state index < -0.39 is 0 Å². The quantitative estimate of drug-likeness (QED) is 0.536. The Kier molecular flexibility index (Phi) is 3.65. The lowest BCUT2D eigenvalue weighted by molar-refractivity contribution is -0.123. The number of hydrogen-bond acceptors (Lipinski definition) is 1. The predicted molar refractivity (Wildman–Crippen MR) is 66.8 cm³/mol. The van der Waals surface area contributed by atoms with E-state index in [1.165, 1.54) is 0 Å². The Morgan fingerprint density at radius 3 is 2.56 bits per heavy atom. The molecule has 0 spiro atoms. The van der Waals surface area contributed by atoms with Gasteiger partial charge in [0.2, 0.25) is 0 Å². The SMILES string of the molecule is C[C@H]1CC[C@@H](Cl)C[C@@H](c2ccccc2)C1=O. The van der Waals surface area contributed by atoms with E-state index in [1.807, 2.05) is 37.3 Å². The Hall–Kier alpha value is -0.820. The molecule has 0 amide bonds. The molecule has 0 radical (unpaired) electrons. The van der Waals surface area contributed by atoms with Crippen LogP contribution in [0.25, 0.3) is 0 Å².